The summed E-state index contributed by atoms with van der Waals surface area (Å²) in [5.41, 5.74) is 1.41. The van der Waals surface area contributed by atoms with Gasteiger partial charge >= 0.3 is 0 Å². The molecule has 0 spiro atoms. The molecule has 1 N–H and O–H groups in total. The van der Waals surface area contributed by atoms with E-state index in [2.05, 4.69) is 26.1 Å². The lowest BCUT2D eigenvalue weighted by molar-refractivity contribution is 0.0630. The van der Waals surface area contributed by atoms with Crippen molar-refractivity contribution in [1.29, 1.82) is 0 Å². The molecule has 0 aromatic carbocycles. The first kappa shape index (κ1) is 15.8. The van der Waals surface area contributed by atoms with Gasteiger partial charge in [-0.15, -0.1) is 11.3 Å². The number of carbonyl (C=O) groups is 1. The Morgan fingerprint density at radius 3 is 2.75 bits per heavy atom. The van der Waals surface area contributed by atoms with Crippen LogP contribution in [0.1, 0.15) is 44.6 Å². The molecule has 1 saturated heterocycles. The van der Waals surface area contributed by atoms with Crippen LogP contribution in [0, 0.1) is 6.92 Å². The van der Waals surface area contributed by atoms with Crippen LogP contribution in [-0.2, 0) is 19.4 Å². The highest BCUT2D eigenvalue weighted by Gasteiger charge is 2.25. The molecule has 0 bridgehead atoms. The van der Waals surface area contributed by atoms with E-state index < -0.39 is 0 Å². The van der Waals surface area contributed by atoms with E-state index in [4.69, 9.17) is 0 Å². The molecule has 3 heterocycles. The molecular weight excluding hydrogens is 322 g/mol. The number of nitrogens with one attached hydrogen (secondary N) is 1. The zero-order chi connectivity index (χ0) is 16.5. The number of amides is 1. The Morgan fingerprint density at radius 2 is 2.04 bits per heavy atom. The Labute approximate surface area is 145 Å². The van der Waals surface area contributed by atoms with Gasteiger partial charge in [0.25, 0.3) is 5.91 Å². The van der Waals surface area contributed by atoms with Gasteiger partial charge in [-0.1, -0.05) is 0 Å². The van der Waals surface area contributed by atoms with Crippen LogP contribution in [0.4, 0.5) is 0 Å². The van der Waals surface area contributed by atoms with Crippen LogP contribution in [0.5, 0.6) is 0 Å². The molecule has 0 unspecified atom stereocenters. The van der Waals surface area contributed by atoms with Crippen molar-refractivity contribution >= 4 is 17.2 Å². The number of thiophene rings is 1. The maximum absolute atomic E-state index is 12.8. The second-order valence-corrected chi connectivity index (χ2v) is 7.81. The van der Waals surface area contributed by atoms with Gasteiger partial charge in [0.15, 0.2) is 5.82 Å². The van der Waals surface area contributed by atoms with E-state index in [1.807, 2.05) is 11.8 Å². The third-order valence-corrected chi connectivity index (χ3v) is 6.10. The molecule has 1 aliphatic carbocycles. The molecule has 0 atom stereocenters. The molecule has 1 aliphatic heterocycles. The second-order valence-electron chi connectivity index (χ2n) is 6.67. The number of piperazine rings is 1. The van der Waals surface area contributed by atoms with Gasteiger partial charge in [0, 0.05) is 31.1 Å². The van der Waals surface area contributed by atoms with Gasteiger partial charge < -0.3 is 4.90 Å². The standard InChI is InChI=1S/C17H23N5OS/c1-12-18-16(20-19-12)11-21-6-8-22(9-7-21)17(23)15-10-13-4-2-3-5-14(13)24-15/h10H,2-9,11H2,1H3,(H,18,19,20). The zero-order valence-corrected chi connectivity index (χ0v) is 14.9. The lowest BCUT2D eigenvalue weighted by Gasteiger charge is -2.33. The third kappa shape index (κ3) is 3.23. The molecule has 128 valence electrons. The highest BCUT2D eigenvalue weighted by Crippen LogP contribution is 2.30. The predicted octanol–water partition coefficient (Wildman–Crippen LogP) is 2.01. The summed E-state index contributed by atoms with van der Waals surface area (Å²) in [5.74, 6) is 1.89. The number of aryl methyl sites for hydroxylation is 3. The summed E-state index contributed by atoms with van der Waals surface area (Å²) in [5, 5.41) is 7.07. The number of H-pyrrole nitrogens is 1. The number of carbonyl (C=O) groups excluding carboxylic acids is 1. The van der Waals surface area contributed by atoms with Crippen molar-refractivity contribution in [2.45, 2.75) is 39.2 Å². The minimum absolute atomic E-state index is 0.211. The smallest absolute Gasteiger partial charge is 0.264 e. The number of hydrogen-bond donors (Lipinski definition) is 1. The first-order valence-electron chi connectivity index (χ1n) is 8.70. The van der Waals surface area contributed by atoms with E-state index >= 15 is 0 Å². The summed E-state index contributed by atoms with van der Waals surface area (Å²) < 4.78 is 0. The molecule has 0 radical (unpaired) electrons. The number of nitrogens with zero attached hydrogens (tertiary/aromatic N) is 4. The van der Waals surface area contributed by atoms with Gasteiger partial charge in [0.1, 0.15) is 5.82 Å². The van der Waals surface area contributed by atoms with Gasteiger partial charge in [0.2, 0.25) is 0 Å². The lowest BCUT2D eigenvalue weighted by Crippen LogP contribution is -2.48. The van der Waals surface area contributed by atoms with Crippen molar-refractivity contribution < 1.29 is 4.79 Å². The van der Waals surface area contributed by atoms with Crippen molar-refractivity contribution in [3.05, 3.63) is 33.0 Å². The van der Waals surface area contributed by atoms with E-state index in [1.165, 1.54) is 23.3 Å². The summed E-state index contributed by atoms with van der Waals surface area (Å²) in [4.78, 5) is 23.8. The average Bonchev–Trinajstić information content (AvgIpc) is 3.21. The number of fused-ring (bicyclic) bond motifs is 1. The van der Waals surface area contributed by atoms with Crippen LogP contribution in [0.15, 0.2) is 6.07 Å². The fraction of sp³-hybridized carbons (Fsp3) is 0.588. The molecular formula is C17H23N5OS. The number of aromatic nitrogens is 3. The number of aromatic amines is 1. The number of rotatable bonds is 3. The summed E-state index contributed by atoms with van der Waals surface area (Å²) in [7, 11) is 0. The molecule has 2 aromatic heterocycles. The molecule has 4 rings (SSSR count). The highest BCUT2D eigenvalue weighted by molar-refractivity contribution is 7.14. The molecule has 6 nitrogen and oxygen atoms in total. The Kier molecular flexibility index (Phi) is 4.37. The van der Waals surface area contributed by atoms with E-state index in [0.717, 1.165) is 62.1 Å². The van der Waals surface area contributed by atoms with Crippen molar-refractivity contribution in [2.24, 2.45) is 0 Å². The van der Waals surface area contributed by atoms with Crippen molar-refractivity contribution in [2.75, 3.05) is 26.2 Å². The van der Waals surface area contributed by atoms with Gasteiger partial charge in [-0.25, -0.2) is 4.98 Å². The maximum Gasteiger partial charge on any atom is 0.264 e. The summed E-state index contributed by atoms with van der Waals surface area (Å²) in [6.45, 7) is 5.98. The zero-order valence-electron chi connectivity index (χ0n) is 14.0. The summed E-state index contributed by atoms with van der Waals surface area (Å²) in [6, 6.07) is 2.14. The molecule has 1 amide bonds. The normalized spacial score (nSPS) is 18.6. The van der Waals surface area contributed by atoms with Crippen molar-refractivity contribution in [3.8, 4) is 0 Å². The SMILES string of the molecule is Cc1nc(CN2CCN(C(=O)c3cc4c(s3)CCCC4)CC2)n[nH]1. The van der Waals surface area contributed by atoms with Crippen LogP contribution in [0.3, 0.4) is 0 Å². The van der Waals surface area contributed by atoms with Crippen molar-refractivity contribution in [3.63, 3.8) is 0 Å². The lowest BCUT2D eigenvalue weighted by atomic mass is 9.99. The monoisotopic (exact) mass is 345 g/mol. The highest BCUT2D eigenvalue weighted by atomic mass is 32.1. The fourth-order valence-electron chi connectivity index (χ4n) is 3.52. The number of hydrogen-bond acceptors (Lipinski definition) is 5. The fourth-order valence-corrected chi connectivity index (χ4v) is 4.74. The Bertz CT molecular complexity index is 706. The first-order valence-corrected chi connectivity index (χ1v) is 9.52. The third-order valence-electron chi connectivity index (χ3n) is 4.88. The predicted molar refractivity (Wildman–Crippen MR) is 93.3 cm³/mol. The Balaban J connectivity index is 1.35. The van der Waals surface area contributed by atoms with Crippen molar-refractivity contribution in [1.82, 2.24) is 25.0 Å². The quantitative estimate of drug-likeness (QED) is 0.924. The van der Waals surface area contributed by atoms with Gasteiger partial charge in [-0.2, -0.15) is 5.10 Å². The molecule has 2 aliphatic rings. The average molecular weight is 345 g/mol. The Hall–Kier alpha value is -1.73. The molecule has 0 saturated carbocycles. The Morgan fingerprint density at radius 1 is 1.25 bits per heavy atom. The molecule has 1 fully saturated rings. The van der Waals surface area contributed by atoms with E-state index in [1.54, 1.807) is 11.3 Å². The molecule has 24 heavy (non-hydrogen) atoms. The summed E-state index contributed by atoms with van der Waals surface area (Å²) in [6.07, 6.45) is 4.82. The summed E-state index contributed by atoms with van der Waals surface area (Å²) >= 11 is 1.71. The van der Waals surface area contributed by atoms with E-state index in [0.29, 0.717) is 0 Å². The van der Waals surface area contributed by atoms with Crippen LogP contribution in [0.25, 0.3) is 0 Å². The molecule has 7 heteroatoms. The largest absolute Gasteiger partial charge is 0.335 e. The van der Waals surface area contributed by atoms with Crippen LogP contribution < -0.4 is 0 Å². The van der Waals surface area contributed by atoms with E-state index in [9.17, 15) is 4.79 Å². The molecule has 2 aromatic rings. The minimum Gasteiger partial charge on any atom is -0.335 e. The van der Waals surface area contributed by atoms with Crippen LogP contribution >= 0.6 is 11.3 Å². The topological polar surface area (TPSA) is 65.1 Å². The van der Waals surface area contributed by atoms with Gasteiger partial charge in [-0.05, 0) is 44.2 Å². The maximum atomic E-state index is 12.8. The van der Waals surface area contributed by atoms with Crippen LogP contribution in [-0.4, -0.2) is 57.1 Å². The van der Waals surface area contributed by atoms with Gasteiger partial charge in [-0.3, -0.25) is 14.8 Å². The van der Waals surface area contributed by atoms with Gasteiger partial charge in [0.05, 0.1) is 11.4 Å². The second kappa shape index (κ2) is 6.64. The first-order chi connectivity index (χ1) is 11.7. The van der Waals surface area contributed by atoms with E-state index in [-0.39, 0.29) is 5.91 Å². The van der Waals surface area contributed by atoms with Crippen LogP contribution in [0.2, 0.25) is 0 Å². The minimum atomic E-state index is 0.211.